The fourth-order valence-corrected chi connectivity index (χ4v) is 3.62. The summed E-state index contributed by atoms with van der Waals surface area (Å²) in [6.07, 6.45) is 7.80. The van der Waals surface area contributed by atoms with E-state index in [0.29, 0.717) is 12.1 Å². The molecule has 0 aromatic carbocycles. The van der Waals surface area contributed by atoms with E-state index in [1.165, 1.54) is 12.8 Å². The van der Waals surface area contributed by atoms with Crippen LogP contribution in [0.5, 0.6) is 0 Å². The topological polar surface area (TPSA) is 37.3 Å². The van der Waals surface area contributed by atoms with E-state index in [9.17, 15) is 4.79 Å². The Labute approximate surface area is 135 Å². The van der Waals surface area contributed by atoms with Crippen molar-refractivity contribution in [3.8, 4) is 0 Å². The van der Waals surface area contributed by atoms with E-state index in [1.807, 2.05) is 12.3 Å². The highest BCUT2D eigenvalue weighted by molar-refractivity contribution is 9.10. The van der Waals surface area contributed by atoms with Gasteiger partial charge in [-0.1, -0.05) is 6.92 Å². The fraction of sp³-hybridized carbons (Fsp3) is 0.688. The molecule has 1 saturated heterocycles. The second kappa shape index (κ2) is 6.53. The van der Waals surface area contributed by atoms with E-state index in [0.717, 1.165) is 49.1 Å². The first-order chi connectivity index (χ1) is 10.2. The Bertz CT molecular complexity index is 504. The van der Waals surface area contributed by atoms with E-state index >= 15 is 0 Å². The smallest absolute Gasteiger partial charge is 0.270 e. The Kier molecular flexibility index (Phi) is 4.69. The lowest BCUT2D eigenvalue weighted by molar-refractivity contribution is 0.0717. The van der Waals surface area contributed by atoms with Gasteiger partial charge in [0, 0.05) is 35.8 Å². The molecule has 2 heterocycles. The summed E-state index contributed by atoms with van der Waals surface area (Å²) in [5, 5.41) is 3.51. The Hall–Kier alpha value is -0.810. The molecule has 0 spiro atoms. The van der Waals surface area contributed by atoms with E-state index in [1.54, 1.807) is 0 Å². The molecule has 1 aliphatic heterocycles. The first-order valence-corrected chi connectivity index (χ1v) is 8.88. The van der Waals surface area contributed by atoms with E-state index < -0.39 is 0 Å². The van der Waals surface area contributed by atoms with Crippen molar-refractivity contribution >= 4 is 21.8 Å². The fourth-order valence-electron chi connectivity index (χ4n) is 3.16. The summed E-state index contributed by atoms with van der Waals surface area (Å²) in [6, 6.07) is 2.91. The molecular weight excluding hydrogens is 330 g/mol. The molecule has 0 bridgehead atoms. The molecule has 2 fully saturated rings. The molecule has 1 saturated carbocycles. The minimum Gasteiger partial charge on any atom is -0.342 e. The van der Waals surface area contributed by atoms with E-state index in [2.05, 4.69) is 37.6 Å². The second-order valence-electron chi connectivity index (χ2n) is 6.22. The van der Waals surface area contributed by atoms with Gasteiger partial charge in [0.25, 0.3) is 5.91 Å². The molecule has 0 radical (unpaired) electrons. The number of aromatic nitrogens is 1. The number of hydrogen-bond donors (Lipinski definition) is 1. The van der Waals surface area contributed by atoms with Crippen LogP contribution < -0.4 is 5.32 Å². The molecule has 4 nitrogen and oxygen atoms in total. The van der Waals surface area contributed by atoms with Crippen LogP contribution in [-0.2, 0) is 6.54 Å². The normalized spacial score (nSPS) is 21.7. The molecule has 1 atom stereocenters. The lowest BCUT2D eigenvalue weighted by atomic mass is 10.2. The molecule has 116 valence electrons. The first-order valence-electron chi connectivity index (χ1n) is 8.09. The van der Waals surface area contributed by atoms with Gasteiger partial charge >= 0.3 is 0 Å². The maximum absolute atomic E-state index is 13.0. The molecule has 1 aromatic heterocycles. The Morgan fingerprint density at radius 3 is 2.90 bits per heavy atom. The zero-order valence-corrected chi connectivity index (χ0v) is 14.2. The van der Waals surface area contributed by atoms with Gasteiger partial charge in [-0.3, -0.25) is 4.79 Å². The summed E-state index contributed by atoms with van der Waals surface area (Å²) in [7, 11) is 0. The number of nitrogens with zero attached hydrogens (tertiary/aromatic N) is 2. The van der Waals surface area contributed by atoms with Crippen LogP contribution in [0.25, 0.3) is 0 Å². The van der Waals surface area contributed by atoms with Crippen LogP contribution >= 0.6 is 15.9 Å². The largest absolute Gasteiger partial charge is 0.342 e. The van der Waals surface area contributed by atoms with Gasteiger partial charge in [0.05, 0.1) is 0 Å². The monoisotopic (exact) mass is 353 g/mol. The molecule has 3 rings (SSSR count). The Balaban J connectivity index is 1.76. The van der Waals surface area contributed by atoms with Crippen LogP contribution in [0.15, 0.2) is 16.7 Å². The second-order valence-corrected chi connectivity index (χ2v) is 7.13. The minimum absolute atomic E-state index is 0.199. The number of carbonyl (C=O) groups excluding carboxylic acids is 1. The summed E-state index contributed by atoms with van der Waals surface area (Å²) in [5.41, 5.74) is 0.827. The molecule has 1 amide bonds. The number of carbonyl (C=O) groups is 1. The molecule has 1 unspecified atom stereocenters. The van der Waals surface area contributed by atoms with Crippen molar-refractivity contribution in [2.24, 2.45) is 0 Å². The van der Waals surface area contributed by atoms with Crippen molar-refractivity contribution in [1.29, 1.82) is 0 Å². The highest BCUT2D eigenvalue weighted by Crippen LogP contribution is 2.30. The van der Waals surface area contributed by atoms with Gasteiger partial charge in [0.2, 0.25) is 0 Å². The van der Waals surface area contributed by atoms with Gasteiger partial charge in [-0.25, -0.2) is 0 Å². The molecular formula is C16H24BrN3O. The standard InChI is InChI=1S/C16H24BrN3O/c1-2-8-19-10-12(17)9-15(19)16(21)20(14-5-6-14)11-13-4-3-7-18-13/h9-10,13-14,18H,2-8,11H2,1H3. The summed E-state index contributed by atoms with van der Waals surface area (Å²) in [6.45, 7) is 4.99. The SMILES string of the molecule is CCCn1cc(Br)cc1C(=O)N(CC1CCCN1)C1CC1. The highest BCUT2D eigenvalue weighted by atomic mass is 79.9. The predicted molar refractivity (Wildman–Crippen MR) is 87.5 cm³/mol. The van der Waals surface area contributed by atoms with Gasteiger partial charge < -0.3 is 14.8 Å². The lowest BCUT2D eigenvalue weighted by Gasteiger charge is -2.26. The third kappa shape index (κ3) is 3.51. The van der Waals surface area contributed by atoms with Crippen molar-refractivity contribution in [2.45, 2.75) is 57.7 Å². The summed E-state index contributed by atoms with van der Waals surface area (Å²) in [4.78, 5) is 15.1. The Morgan fingerprint density at radius 1 is 1.48 bits per heavy atom. The lowest BCUT2D eigenvalue weighted by Crippen LogP contribution is -2.43. The van der Waals surface area contributed by atoms with Crippen LogP contribution in [0.2, 0.25) is 0 Å². The van der Waals surface area contributed by atoms with Gasteiger partial charge in [-0.05, 0) is 60.6 Å². The predicted octanol–water partition coefficient (Wildman–Crippen LogP) is 3.02. The van der Waals surface area contributed by atoms with Gasteiger partial charge in [0.1, 0.15) is 5.69 Å². The van der Waals surface area contributed by atoms with Crippen LogP contribution in [0.3, 0.4) is 0 Å². The van der Waals surface area contributed by atoms with Gasteiger partial charge in [0.15, 0.2) is 0 Å². The molecule has 1 N–H and O–H groups in total. The number of aryl methyl sites for hydroxylation is 1. The van der Waals surface area contributed by atoms with E-state index in [-0.39, 0.29) is 5.91 Å². The number of hydrogen-bond acceptors (Lipinski definition) is 2. The van der Waals surface area contributed by atoms with Crippen molar-refractivity contribution in [1.82, 2.24) is 14.8 Å². The summed E-state index contributed by atoms with van der Waals surface area (Å²) >= 11 is 3.51. The quantitative estimate of drug-likeness (QED) is 0.853. The molecule has 1 aliphatic carbocycles. The van der Waals surface area contributed by atoms with Gasteiger partial charge in [-0.15, -0.1) is 0 Å². The van der Waals surface area contributed by atoms with Crippen LogP contribution in [-0.4, -0.2) is 40.5 Å². The average Bonchev–Trinajstić information content (AvgIpc) is 3.04. The first kappa shape index (κ1) is 15.1. The number of nitrogens with one attached hydrogen (secondary N) is 1. The zero-order valence-electron chi connectivity index (χ0n) is 12.6. The summed E-state index contributed by atoms with van der Waals surface area (Å²) in [5.74, 6) is 0.199. The van der Waals surface area contributed by atoms with Gasteiger partial charge in [-0.2, -0.15) is 0 Å². The van der Waals surface area contributed by atoms with Crippen molar-refractivity contribution in [3.05, 3.63) is 22.4 Å². The highest BCUT2D eigenvalue weighted by Gasteiger charge is 2.35. The average molecular weight is 354 g/mol. The number of halogens is 1. The molecule has 1 aromatic rings. The summed E-state index contributed by atoms with van der Waals surface area (Å²) < 4.78 is 3.08. The van der Waals surface area contributed by atoms with Crippen LogP contribution in [0.1, 0.15) is 49.5 Å². The Morgan fingerprint density at radius 2 is 2.29 bits per heavy atom. The zero-order chi connectivity index (χ0) is 14.8. The maximum atomic E-state index is 13.0. The molecule has 21 heavy (non-hydrogen) atoms. The maximum Gasteiger partial charge on any atom is 0.270 e. The van der Waals surface area contributed by atoms with Crippen LogP contribution in [0, 0.1) is 0 Å². The minimum atomic E-state index is 0.199. The third-order valence-corrected chi connectivity index (χ3v) is 4.81. The van der Waals surface area contributed by atoms with Crippen molar-refractivity contribution in [3.63, 3.8) is 0 Å². The number of rotatable bonds is 6. The van der Waals surface area contributed by atoms with Crippen molar-refractivity contribution in [2.75, 3.05) is 13.1 Å². The number of amides is 1. The van der Waals surface area contributed by atoms with E-state index in [4.69, 9.17) is 0 Å². The molecule has 2 aliphatic rings. The van der Waals surface area contributed by atoms with Crippen molar-refractivity contribution < 1.29 is 4.79 Å². The molecule has 5 heteroatoms. The van der Waals surface area contributed by atoms with Crippen LogP contribution in [0.4, 0.5) is 0 Å². The third-order valence-electron chi connectivity index (χ3n) is 4.37.